The Labute approximate surface area is 108 Å². The van der Waals surface area contributed by atoms with Crippen molar-refractivity contribution in [2.45, 2.75) is 0 Å². The molecule has 1 aromatic heterocycles. The zero-order chi connectivity index (χ0) is 13.8. The Bertz CT molecular complexity index is 660. The molecule has 0 fully saturated rings. The summed E-state index contributed by atoms with van der Waals surface area (Å²) in [6.07, 6.45) is 1.32. The number of anilines is 1. The monoisotopic (exact) mass is 255 g/mol. The zero-order valence-electron chi connectivity index (χ0n) is 9.66. The number of aromatic nitrogens is 1. The topological polar surface area (TPSA) is 106 Å². The Hall–Kier alpha value is -3.07. The number of pyridine rings is 1. The summed E-state index contributed by atoms with van der Waals surface area (Å²) in [7, 11) is 0. The van der Waals surface area contributed by atoms with Gasteiger partial charge in [-0.2, -0.15) is 5.26 Å². The number of rotatable bonds is 2. The van der Waals surface area contributed by atoms with Crippen molar-refractivity contribution in [1.29, 1.82) is 5.26 Å². The lowest BCUT2D eigenvalue weighted by molar-refractivity contribution is 0.102. The lowest BCUT2D eigenvalue weighted by Crippen LogP contribution is -2.13. The summed E-state index contributed by atoms with van der Waals surface area (Å²) < 4.78 is 0. The van der Waals surface area contributed by atoms with Crippen LogP contribution in [-0.4, -0.2) is 21.1 Å². The molecular formula is C13H9N3O3. The Morgan fingerprint density at radius 1 is 1.26 bits per heavy atom. The molecular weight excluding hydrogens is 246 g/mol. The van der Waals surface area contributed by atoms with Gasteiger partial charge in [-0.1, -0.05) is 0 Å². The van der Waals surface area contributed by atoms with Crippen LogP contribution in [0.15, 0.2) is 36.5 Å². The molecule has 0 aliphatic rings. The molecule has 3 N–H and O–H groups in total. The number of aromatic hydroxyl groups is 2. The van der Waals surface area contributed by atoms with E-state index in [4.69, 9.17) is 5.26 Å². The zero-order valence-corrected chi connectivity index (χ0v) is 9.66. The second kappa shape index (κ2) is 5.06. The summed E-state index contributed by atoms with van der Waals surface area (Å²) in [6, 6.07) is 8.52. The van der Waals surface area contributed by atoms with Crippen LogP contribution in [0.25, 0.3) is 0 Å². The van der Waals surface area contributed by atoms with Gasteiger partial charge < -0.3 is 15.5 Å². The van der Waals surface area contributed by atoms with Gasteiger partial charge in [-0.15, -0.1) is 0 Å². The van der Waals surface area contributed by atoms with E-state index in [-0.39, 0.29) is 22.9 Å². The Kier molecular flexibility index (Phi) is 3.30. The van der Waals surface area contributed by atoms with E-state index >= 15 is 0 Å². The smallest absolute Gasteiger partial charge is 0.260 e. The van der Waals surface area contributed by atoms with Gasteiger partial charge in [0, 0.05) is 6.20 Å². The third kappa shape index (κ3) is 2.79. The van der Waals surface area contributed by atoms with Crippen LogP contribution >= 0.6 is 0 Å². The molecule has 94 valence electrons. The van der Waals surface area contributed by atoms with Crippen LogP contribution < -0.4 is 5.32 Å². The van der Waals surface area contributed by atoms with Gasteiger partial charge in [0.1, 0.15) is 23.4 Å². The molecule has 0 bridgehead atoms. The first kappa shape index (κ1) is 12.4. The van der Waals surface area contributed by atoms with Gasteiger partial charge in [0.2, 0.25) is 0 Å². The summed E-state index contributed by atoms with van der Waals surface area (Å²) in [6.45, 7) is 0. The highest BCUT2D eigenvalue weighted by atomic mass is 16.3. The first-order valence-electron chi connectivity index (χ1n) is 5.29. The normalized spacial score (nSPS) is 9.63. The van der Waals surface area contributed by atoms with Crippen molar-refractivity contribution in [1.82, 2.24) is 4.98 Å². The van der Waals surface area contributed by atoms with E-state index in [1.165, 1.54) is 30.5 Å². The Morgan fingerprint density at radius 3 is 2.68 bits per heavy atom. The van der Waals surface area contributed by atoms with Crippen molar-refractivity contribution in [3.63, 3.8) is 0 Å². The van der Waals surface area contributed by atoms with Crippen molar-refractivity contribution in [3.05, 3.63) is 47.7 Å². The maximum Gasteiger partial charge on any atom is 0.260 e. The number of nitriles is 1. The van der Waals surface area contributed by atoms with E-state index in [0.717, 1.165) is 6.07 Å². The number of phenols is 2. The molecule has 2 aromatic rings. The highest BCUT2D eigenvalue weighted by Gasteiger charge is 2.12. The van der Waals surface area contributed by atoms with Crippen molar-refractivity contribution < 1.29 is 15.0 Å². The standard InChI is InChI=1S/C13H9N3O3/c14-6-8-1-4-12(15-7-8)16-13(19)10-5-9(17)2-3-11(10)18/h1-5,7,17-18H,(H,15,16,19). The third-order valence-electron chi connectivity index (χ3n) is 2.36. The van der Waals surface area contributed by atoms with Gasteiger partial charge >= 0.3 is 0 Å². The maximum absolute atomic E-state index is 11.9. The molecule has 0 saturated carbocycles. The average Bonchev–Trinajstić information content (AvgIpc) is 2.42. The van der Waals surface area contributed by atoms with Crippen LogP contribution in [0.4, 0.5) is 5.82 Å². The number of nitrogens with zero attached hydrogens (tertiary/aromatic N) is 2. The van der Waals surface area contributed by atoms with E-state index in [9.17, 15) is 15.0 Å². The quantitative estimate of drug-likeness (QED) is 0.707. The van der Waals surface area contributed by atoms with Crippen LogP contribution in [0.5, 0.6) is 11.5 Å². The lowest BCUT2D eigenvalue weighted by Gasteiger charge is -2.06. The predicted molar refractivity (Wildman–Crippen MR) is 66.7 cm³/mol. The molecule has 6 nitrogen and oxygen atoms in total. The minimum absolute atomic E-state index is 0.0637. The first-order valence-corrected chi connectivity index (χ1v) is 5.29. The number of phenolic OH excluding ortho intramolecular Hbond substituents is 2. The lowest BCUT2D eigenvalue weighted by atomic mass is 10.1. The van der Waals surface area contributed by atoms with Gasteiger partial charge in [0.15, 0.2) is 0 Å². The molecule has 0 radical (unpaired) electrons. The maximum atomic E-state index is 11.9. The fourth-order valence-electron chi connectivity index (χ4n) is 1.42. The fourth-order valence-corrected chi connectivity index (χ4v) is 1.42. The molecule has 19 heavy (non-hydrogen) atoms. The highest BCUT2D eigenvalue weighted by molar-refractivity contribution is 6.05. The molecule has 1 amide bonds. The second-order valence-corrected chi connectivity index (χ2v) is 3.70. The van der Waals surface area contributed by atoms with E-state index in [1.807, 2.05) is 6.07 Å². The molecule has 0 unspecified atom stereocenters. The molecule has 0 aliphatic heterocycles. The van der Waals surface area contributed by atoms with E-state index in [0.29, 0.717) is 5.56 Å². The second-order valence-electron chi connectivity index (χ2n) is 3.70. The fraction of sp³-hybridized carbons (Fsp3) is 0. The van der Waals surface area contributed by atoms with Gasteiger partial charge in [0.05, 0.1) is 11.1 Å². The predicted octanol–water partition coefficient (Wildman–Crippen LogP) is 1.62. The molecule has 0 atom stereocenters. The first-order chi connectivity index (χ1) is 9.10. The molecule has 0 spiro atoms. The molecule has 1 heterocycles. The number of carbonyl (C=O) groups excluding carboxylic acids is 1. The van der Waals surface area contributed by atoms with E-state index < -0.39 is 5.91 Å². The Balaban J connectivity index is 2.21. The molecule has 1 aromatic carbocycles. The number of amides is 1. The number of carbonyl (C=O) groups is 1. The van der Waals surface area contributed by atoms with E-state index in [1.54, 1.807) is 0 Å². The summed E-state index contributed by atoms with van der Waals surface area (Å²) in [4.78, 5) is 15.7. The SMILES string of the molecule is N#Cc1ccc(NC(=O)c2cc(O)ccc2O)nc1. The number of benzene rings is 1. The molecule has 2 rings (SSSR count). The van der Waals surface area contributed by atoms with Crippen molar-refractivity contribution in [2.24, 2.45) is 0 Å². The summed E-state index contributed by atoms with van der Waals surface area (Å²) in [5.74, 6) is -0.739. The number of hydrogen-bond donors (Lipinski definition) is 3. The third-order valence-corrected chi connectivity index (χ3v) is 2.36. The number of nitrogens with one attached hydrogen (secondary N) is 1. The molecule has 6 heteroatoms. The minimum atomic E-state index is -0.606. The van der Waals surface area contributed by atoms with E-state index in [2.05, 4.69) is 10.3 Å². The van der Waals surface area contributed by atoms with Crippen LogP contribution in [0.1, 0.15) is 15.9 Å². The van der Waals surface area contributed by atoms with Crippen LogP contribution in [-0.2, 0) is 0 Å². The van der Waals surface area contributed by atoms with Crippen LogP contribution in [0, 0.1) is 11.3 Å². The van der Waals surface area contributed by atoms with Gasteiger partial charge in [-0.3, -0.25) is 4.79 Å². The van der Waals surface area contributed by atoms with Crippen molar-refractivity contribution in [3.8, 4) is 17.6 Å². The van der Waals surface area contributed by atoms with Gasteiger partial charge in [0.25, 0.3) is 5.91 Å². The van der Waals surface area contributed by atoms with Crippen LogP contribution in [0.3, 0.4) is 0 Å². The number of hydrogen-bond acceptors (Lipinski definition) is 5. The van der Waals surface area contributed by atoms with Crippen LogP contribution in [0.2, 0.25) is 0 Å². The van der Waals surface area contributed by atoms with Crippen molar-refractivity contribution in [2.75, 3.05) is 5.32 Å². The van der Waals surface area contributed by atoms with Gasteiger partial charge in [-0.25, -0.2) is 4.98 Å². The Morgan fingerprint density at radius 2 is 2.05 bits per heavy atom. The minimum Gasteiger partial charge on any atom is -0.508 e. The summed E-state index contributed by atoms with van der Waals surface area (Å²) in [5.41, 5.74) is 0.310. The summed E-state index contributed by atoms with van der Waals surface area (Å²) in [5, 5.41) is 29.9. The largest absolute Gasteiger partial charge is 0.508 e. The molecule has 0 aliphatic carbocycles. The average molecular weight is 255 g/mol. The molecule has 0 saturated heterocycles. The highest BCUT2D eigenvalue weighted by Crippen LogP contribution is 2.22. The summed E-state index contributed by atoms with van der Waals surface area (Å²) >= 11 is 0. The van der Waals surface area contributed by atoms with Crippen molar-refractivity contribution >= 4 is 11.7 Å². The van der Waals surface area contributed by atoms with Gasteiger partial charge in [-0.05, 0) is 30.3 Å².